The first-order valence-electron chi connectivity index (χ1n) is 8.90. The minimum Gasteiger partial charge on any atom is -0.345 e. The van der Waals surface area contributed by atoms with Gasteiger partial charge in [-0.15, -0.1) is 0 Å². The van der Waals surface area contributed by atoms with Crippen molar-refractivity contribution in [1.82, 2.24) is 20.4 Å². The van der Waals surface area contributed by atoms with Crippen LogP contribution in [0, 0.1) is 17.8 Å². The third-order valence-corrected chi connectivity index (χ3v) is 5.53. The summed E-state index contributed by atoms with van der Waals surface area (Å²) >= 11 is 0. The van der Waals surface area contributed by atoms with Gasteiger partial charge >= 0.3 is 0 Å². The lowest BCUT2D eigenvalue weighted by Crippen LogP contribution is -2.43. The smallest absolute Gasteiger partial charge is 0.224 e. The van der Waals surface area contributed by atoms with Crippen LogP contribution in [-0.2, 0) is 10.3 Å². The summed E-state index contributed by atoms with van der Waals surface area (Å²) in [5.41, 5.74) is 1.59. The Kier molecular flexibility index (Phi) is 3.46. The van der Waals surface area contributed by atoms with Gasteiger partial charge < -0.3 is 10.6 Å². The first-order chi connectivity index (χ1) is 11.4. The van der Waals surface area contributed by atoms with E-state index in [-0.39, 0.29) is 17.9 Å². The van der Waals surface area contributed by atoms with Gasteiger partial charge in [0, 0.05) is 17.3 Å². The number of aromatic nitrogens is 2. The molecule has 2 aliphatic rings. The van der Waals surface area contributed by atoms with E-state index in [4.69, 9.17) is 5.10 Å². The summed E-state index contributed by atoms with van der Waals surface area (Å²) in [6.07, 6.45) is 0. The number of hydrogen-bond donors (Lipinski definition) is 2. The Labute approximate surface area is 142 Å². The molecule has 0 unspecified atom stereocenters. The number of carbonyl (C=O) groups is 1. The van der Waals surface area contributed by atoms with Crippen molar-refractivity contribution in [3.05, 3.63) is 30.0 Å². The maximum Gasteiger partial charge on any atom is 0.224 e. The second-order valence-corrected chi connectivity index (χ2v) is 8.03. The SMILES string of the molecule is CC(C)n1nc(C(C)(C)NC(=O)[C@H]2[C@@H]3CNC[C@@H]32)c2ccccc21. The molecule has 0 spiro atoms. The predicted molar refractivity (Wildman–Crippen MR) is 94.6 cm³/mol. The van der Waals surface area contributed by atoms with E-state index >= 15 is 0 Å². The van der Waals surface area contributed by atoms with Crippen LogP contribution in [0.15, 0.2) is 24.3 Å². The van der Waals surface area contributed by atoms with Gasteiger partial charge in [0.1, 0.15) is 0 Å². The van der Waals surface area contributed by atoms with Gasteiger partial charge in [0.15, 0.2) is 0 Å². The summed E-state index contributed by atoms with van der Waals surface area (Å²) < 4.78 is 2.05. The lowest BCUT2D eigenvalue weighted by Gasteiger charge is -2.25. The molecule has 1 amide bonds. The monoisotopic (exact) mass is 326 g/mol. The summed E-state index contributed by atoms with van der Waals surface area (Å²) in [6, 6.07) is 8.55. The molecule has 4 rings (SSSR count). The third kappa shape index (κ3) is 2.34. The first kappa shape index (κ1) is 15.6. The van der Waals surface area contributed by atoms with Gasteiger partial charge in [0.2, 0.25) is 5.91 Å². The lowest BCUT2D eigenvalue weighted by atomic mass is 9.96. The van der Waals surface area contributed by atoms with E-state index < -0.39 is 5.54 Å². The minimum atomic E-state index is -0.485. The van der Waals surface area contributed by atoms with E-state index in [0.717, 1.165) is 29.7 Å². The number of para-hydroxylation sites is 1. The zero-order valence-electron chi connectivity index (χ0n) is 14.8. The molecular weight excluding hydrogens is 300 g/mol. The van der Waals surface area contributed by atoms with Crippen molar-refractivity contribution in [3.8, 4) is 0 Å². The van der Waals surface area contributed by atoms with Crippen LogP contribution >= 0.6 is 0 Å². The van der Waals surface area contributed by atoms with Crippen LogP contribution in [0.1, 0.15) is 39.4 Å². The highest BCUT2D eigenvalue weighted by atomic mass is 16.2. The van der Waals surface area contributed by atoms with E-state index in [1.807, 2.05) is 16.8 Å². The average Bonchev–Trinajstić information content (AvgIpc) is 2.87. The summed E-state index contributed by atoms with van der Waals surface area (Å²) in [7, 11) is 0. The Morgan fingerprint density at radius 2 is 1.96 bits per heavy atom. The van der Waals surface area contributed by atoms with Crippen molar-refractivity contribution in [2.24, 2.45) is 17.8 Å². The number of rotatable bonds is 4. The zero-order valence-corrected chi connectivity index (χ0v) is 14.8. The number of amides is 1. The zero-order chi connectivity index (χ0) is 17.1. The molecule has 0 radical (unpaired) electrons. The Balaban J connectivity index is 1.64. The molecule has 2 aromatic rings. The molecule has 128 valence electrons. The van der Waals surface area contributed by atoms with Gasteiger partial charge in [-0.25, -0.2) is 0 Å². The normalized spacial score (nSPS) is 26.0. The molecule has 3 atom stereocenters. The van der Waals surface area contributed by atoms with E-state index in [1.54, 1.807) is 0 Å². The molecule has 1 aromatic heterocycles. The molecule has 1 aromatic carbocycles. The molecule has 2 fully saturated rings. The fraction of sp³-hybridized carbons (Fsp3) is 0.579. The topological polar surface area (TPSA) is 59.0 Å². The maximum atomic E-state index is 12.7. The van der Waals surface area contributed by atoms with Gasteiger partial charge in [-0.3, -0.25) is 9.48 Å². The number of fused-ring (bicyclic) bond motifs is 2. The molecule has 2 heterocycles. The summed E-state index contributed by atoms with van der Waals surface area (Å²) in [5, 5.41) is 12.6. The summed E-state index contributed by atoms with van der Waals surface area (Å²) in [5.74, 6) is 1.43. The third-order valence-electron chi connectivity index (χ3n) is 5.53. The number of nitrogens with one attached hydrogen (secondary N) is 2. The fourth-order valence-corrected chi connectivity index (χ4v) is 4.20. The lowest BCUT2D eigenvalue weighted by molar-refractivity contribution is -0.124. The highest BCUT2D eigenvalue weighted by Crippen LogP contribution is 2.49. The van der Waals surface area contributed by atoms with Gasteiger partial charge in [-0.1, -0.05) is 18.2 Å². The maximum absolute atomic E-state index is 12.7. The van der Waals surface area contributed by atoms with Crippen LogP contribution in [0.4, 0.5) is 0 Å². The molecule has 1 aliphatic heterocycles. The predicted octanol–water partition coefficient (Wildman–Crippen LogP) is 2.43. The highest BCUT2D eigenvalue weighted by Gasteiger charge is 2.57. The van der Waals surface area contributed by atoms with E-state index in [2.05, 4.69) is 50.5 Å². The Bertz CT molecular complexity index is 782. The molecule has 0 bridgehead atoms. The Morgan fingerprint density at radius 3 is 2.62 bits per heavy atom. The second kappa shape index (κ2) is 5.31. The van der Waals surface area contributed by atoms with Crippen LogP contribution in [-0.4, -0.2) is 28.8 Å². The number of piperidine rings is 1. The molecule has 1 saturated heterocycles. The summed E-state index contributed by atoms with van der Waals surface area (Å²) in [6.45, 7) is 10.3. The average molecular weight is 326 g/mol. The summed E-state index contributed by atoms with van der Waals surface area (Å²) in [4.78, 5) is 12.7. The van der Waals surface area contributed by atoms with E-state index in [1.165, 1.54) is 0 Å². The van der Waals surface area contributed by atoms with Crippen LogP contribution in [0.3, 0.4) is 0 Å². The van der Waals surface area contributed by atoms with Crippen molar-refractivity contribution in [3.63, 3.8) is 0 Å². The van der Waals surface area contributed by atoms with Gasteiger partial charge in [0.25, 0.3) is 0 Å². The van der Waals surface area contributed by atoms with Crippen LogP contribution in [0.25, 0.3) is 10.9 Å². The first-order valence-corrected chi connectivity index (χ1v) is 8.90. The second-order valence-electron chi connectivity index (χ2n) is 8.03. The van der Waals surface area contributed by atoms with E-state index in [9.17, 15) is 4.79 Å². The quantitative estimate of drug-likeness (QED) is 0.907. The van der Waals surface area contributed by atoms with Crippen molar-refractivity contribution in [2.45, 2.75) is 39.3 Å². The van der Waals surface area contributed by atoms with E-state index in [0.29, 0.717) is 11.8 Å². The van der Waals surface area contributed by atoms with Crippen LogP contribution in [0.2, 0.25) is 0 Å². The molecule has 2 N–H and O–H groups in total. The van der Waals surface area contributed by atoms with Gasteiger partial charge in [0.05, 0.1) is 16.7 Å². The minimum absolute atomic E-state index is 0.180. The molecular formula is C19H26N4O. The molecule has 1 aliphatic carbocycles. The fourth-order valence-electron chi connectivity index (χ4n) is 4.20. The molecule has 5 nitrogen and oxygen atoms in total. The number of benzene rings is 1. The van der Waals surface area contributed by atoms with Crippen LogP contribution in [0.5, 0.6) is 0 Å². The van der Waals surface area contributed by atoms with Gasteiger partial charge in [-0.05, 0) is 58.7 Å². The van der Waals surface area contributed by atoms with Crippen LogP contribution < -0.4 is 10.6 Å². The number of carbonyl (C=O) groups excluding carboxylic acids is 1. The molecule has 1 saturated carbocycles. The number of nitrogens with zero attached hydrogens (tertiary/aromatic N) is 2. The highest BCUT2D eigenvalue weighted by molar-refractivity contribution is 5.86. The Morgan fingerprint density at radius 1 is 1.29 bits per heavy atom. The standard InChI is InChI=1S/C19H26N4O/c1-11(2)23-15-8-6-5-7-12(15)17(22-23)19(3,4)21-18(24)16-13-9-20-10-14(13)16/h5-8,11,13-14,16,20H,9-10H2,1-4H3,(H,21,24)/t13-,14+,16+. The van der Waals surface area contributed by atoms with Crippen molar-refractivity contribution >= 4 is 16.8 Å². The largest absolute Gasteiger partial charge is 0.345 e. The number of hydrogen-bond acceptors (Lipinski definition) is 3. The van der Waals surface area contributed by atoms with Crippen molar-refractivity contribution in [1.29, 1.82) is 0 Å². The molecule has 24 heavy (non-hydrogen) atoms. The van der Waals surface area contributed by atoms with Crippen molar-refractivity contribution in [2.75, 3.05) is 13.1 Å². The van der Waals surface area contributed by atoms with Gasteiger partial charge in [-0.2, -0.15) is 5.10 Å². The van der Waals surface area contributed by atoms with Crippen molar-refractivity contribution < 1.29 is 4.79 Å². The Hall–Kier alpha value is -1.88. The molecule has 5 heteroatoms.